The number of hydrogen-bond acceptors (Lipinski definition) is 3. The highest BCUT2D eigenvalue weighted by Gasteiger charge is 2.31. The molecule has 4 heteroatoms. The fourth-order valence-corrected chi connectivity index (χ4v) is 3.23. The highest BCUT2D eigenvalue weighted by atomic mass is 32.1. The molecule has 0 aliphatic carbocycles. The molecule has 1 saturated heterocycles. The SMILES string of the molecule is Cc1cc(C(=O)N2CCCC(C)(O)C2)sc1C. The van der Waals surface area contributed by atoms with Crippen LogP contribution in [-0.2, 0) is 0 Å². The summed E-state index contributed by atoms with van der Waals surface area (Å²) in [6.07, 6.45) is 1.65. The number of nitrogens with zero attached hydrogens (tertiary/aromatic N) is 1. The van der Waals surface area contributed by atoms with Crippen molar-refractivity contribution in [3.63, 3.8) is 0 Å². The average Bonchev–Trinajstić information content (AvgIpc) is 2.57. The zero-order valence-electron chi connectivity index (χ0n) is 10.6. The maximum atomic E-state index is 12.3. The standard InChI is InChI=1S/C13H19NO2S/c1-9-7-11(17-10(9)2)12(15)14-6-4-5-13(3,16)8-14/h7,16H,4-6,8H2,1-3H3. The lowest BCUT2D eigenvalue weighted by molar-refractivity contribution is -0.0105. The summed E-state index contributed by atoms with van der Waals surface area (Å²) in [5.41, 5.74) is 0.442. The number of amides is 1. The molecule has 0 radical (unpaired) electrons. The van der Waals surface area contributed by atoms with Gasteiger partial charge in [0.15, 0.2) is 0 Å². The number of hydrogen-bond donors (Lipinski definition) is 1. The van der Waals surface area contributed by atoms with Gasteiger partial charge in [-0.3, -0.25) is 4.79 Å². The van der Waals surface area contributed by atoms with Crippen LogP contribution in [-0.4, -0.2) is 34.6 Å². The van der Waals surface area contributed by atoms with Gasteiger partial charge in [-0.2, -0.15) is 0 Å². The van der Waals surface area contributed by atoms with Crippen LogP contribution in [0.3, 0.4) is 0 Å². The van der Waals surface area contributed by atoms with Gasteiger partial charge in [-0.25, -0.2) is 0 Å². The van der Waals surface area contributed by atoms with E-state index in [9.17, 15) is 9.90 Å². The number of likely N-dealkylation sites (tertiary alicyclic amines) is 1. The van der Waals surface area contributed by atoms with Crippen molar-refractivity contribution in [3.8, 4) is 0 Å². The Morgan fingerprint density at radius 2 is 2.24 bits per heavy atom. The zero-order valence-corrected chi connectivity index (χ0v) is 11.4. The Labute approximate surface area is 106 Å². The summed E-state index contributed by atoms with van der Waals surface area (Å²) < 4.78 is 0. The quantitative estimate of drug-likeness (QED) is 0.834. The number of thiophene rings is 1. The second-order valence-electron chi connectivity index (χ2n) is 5.18. The molecule has 3 nitrogen and oxygen atoms in total. The molecule has 2 rings (SSSR count). The molecule has 1 amide bonds. The van der Waals surface area contributed by atoms with Crippen molar-refractivity contribution in [1.29, 1.82) is 0 Å². The number of piperidine rings is 1. The Morgan fingerprint density at radius 3 is 2.76 bits per heavy atom. The first-order valence-electron chi connectivity index (χ1n) is 5.98. The molecule has 0 bridgehead atoms. The molecular formula is C13H19NO2S. The Morgan fingerprint density at radius 1 is 1.53 bits per heavy atom. The molecule has 1 aliphatic rings. The van der Waals surface area contributed by atoms with Crippen molar-refractivity contribution < 1.29 is 9.90 Å². The summed E-state index contributed by atoms with van der Waals surface area (Å²) in [6, 6.07) is 1.95. The zero-order chi connectivity index (χ0) is 12.6. The summed E-state index contributed by atoms with van der Waals surface area (Å²) in [5.74, 6) is 0.0613. The highest BCUT2D eigenvalue weighted by Crippen LogP contribution is 2.26. The van der Waals surface area contributed by atoms with Crippen molar-refractivity contribution in [2.24, 2.45) is 0 Å². The Bertz CT molecular complexity index is 417. The van der Waals surface area contributed by atoms with E-state index in [0.29, 0.717) is 6.54 Å². The third-order valence-electron chi connectivity index (χ3n) is 3.34. The lowest BCUT2D eigenvalue weighted by Gasteiger charge is -2.36. The summed E-state index contributed by atoms with van der Waals surface area (Å²) in [6.45, 7) is 7.06. The van der Waals surface area contributed by atoms with Gasteiger partial charge in [0.25, 0.3) is 5.91 Å². The molecule has 2 heterocycles. The second-order valence-corrected chi connectivity index (χ2v) is 6.43. The lowest BCUT2D eigenvalue weighted by atomic mass is 9.95. The van der Waals surface area contributed by atoms with Crippen molar-refractivity contribution >= 4 is 17.2 Å². The van der Waals surface area contributed by atoms with Crippen molar-refractivity contribution in [2.45, 2.75) is 39.2 Å². The van der Waals surface area contributed by atoms with Crippen molar-refractivity contribution in [2.75, 3.05) is 13.1 Å². The average molecular weight is 253 g/mol. The smallest absolute Gasteiger partial charge is 0.264 e. The Kier molecular flexibility index (Phi) is 3.27. The molecule has 94 valence electrons. The molecule has 1 aliphatic heterocycles. The van der Waals surface area contributed by atoms with Crippen molar-refractivity contribution in [1.82, 2.24) is 4.90 Å². The molecule has 0 saturated carbocycles. The van der Waals surface area contributed by atoms with Crippen LogP contribution >= 0.6 is 11.3 Å². The van der Waals surface area contributed by atoms with Crippen LogP contribution in [0.1, 0.15) is 39.9 Å². The van der Waals surface area contributed by atoms with Crippen LogP contribution < -0.4 is 0 Å². The molecule has 0 spiro atoms. The molecule has 17 heavy (non-hydrogen) atoms. The number of carbonyl (C=O) groups excluding carboxylic acids is 1. The minimum Gasteiger partial charge on any atom is -0.388 e. The normalized spacial score (nSPS) is 25.1. The van der Waals surface area contributed by atoms with Crippen LogP contribution in [0, 0.1) is 13.8 Å². The first kappa shape index (κ1) is 12.6. The highest BCUT2D eigenvalue weighted by molar-refractivity contribution is 7.14. The van der Waals surface area contributed by atoms with Gasteiger partial charge in [-0.1, -0.05) is 0 Å². The predicted octanol–water partition coefficient (Wildman–Crippen LogP) is 2.35. The predicted molar refractivity (Wildman–Crippen MR) is 69.6 cm³/mol. The first-order chi connectivity index (χ1) is 7.89. The molecule has 0 aromatic carbocycles. The van der Waals surface area contributed by atoms with E-state index in [-0.39, 0.29) is 5.91 Å². The van der Waals surface area contributed by atoms with E-state index in [2.05, 4.69) is 0 Å². The lowest BCUT2D eigenvalue weighted by Crippen LogP contribution is -2.48. The number of carbonyl (C=O) groups is 1. The van der Waals surface area contributed by atoms with Crippen LogP contribution in [0.15, 0.2) is 6.07 Å². The third kappa shape index (κ3) is 2.69. The molecule has 1 aromatic heterocycles. The molecule has 1 atom stereocenters. The summed E-state index contributed by atoms with van der Waals surface area (Å²) in [7, 11) is 0. The van der Waals surface area contributed by atoms with Gasteiger partial charge < -0.3 is 10.0 Å². The molecule has 1 fully saturated rings. The van der Waals surface area contributed by atoms with Gasteiger partial charge in [-0.15, -0.1) is 11.3 Å². The molecular weight excluding hydrogens is 234 g/mol. The minimum absolute atomic E-state index is 0.0613. The maximum absolute atomic E-state index is 12.3. The number of β-amino-alcohol motifs (C(OH)–C–C–N with tert-alkyl or cyclic N) is 1. The fourth-order valence-electron chi connectivity index (χ4n) is 2.23. The van der Waals surface area contributed by atoms with Gasteiger partial charge in [0.1, 0.15) is 0 Å². The van der Waals surface area contributed by atoms with Crippen LogP contribution in [0.25, 0.3) is 0 Å². The summed E-state index contributed by atoms with van der Waals surface area (Å²) in [4.78, 5) is 16.0. The van der Waals surface area contributed by atoms with Gasteiger partial charge in [-0.05, 0) is 45.2 Å². The molecule has 1 N–H and O–H groups in total. The second kappa shape index (κ2) is 4.42. The fraction of sp³-hybridized carbons (Fsp3) is 0.615. The van der Waals surface area contributed by atoms with Gasteiger partial charge in [0.2, 0.25) is 0 Å². The Hall–Kier alpha value is -0.870. The molecule has 1 unspecified atom stereocenters. The van der Waals surface area contributed by atoms with E-state index in [4.69, 9.17) is 0 Å². The summed E-state index contributed by atoms with van der Waals surface area (Å²) >= 11 is 1.54. The summed E-state index contributed by atoms with van der Waals surface area (Å²) in [5, 5.41) is 10.0. The van der Waals surface area contributed by atoms with Crippen LogP contribution in [0.2, 0.25) is 0 Å². The third-order valence-corrected chi connectivity index (χ3v) is 4.48. The van der Waals surface area contributed by atoms with Gasteiger partial charge in [0, 0.05) is 18.0 Å². The van der Waals surface area contributed by atoms with Gasteiger partial charge in [0.05, 0.1) is 10.5 Å². The van der Waals surface area contributed by atoms with E-state index >= 15 is 0 Å². The van der Waals surface area contributed by atoms with Crippen LogP contribution in [0.4, 0.5) is 0 Å². The van der Waals surface area contributed by atoms with E-state index in [1.165, 1.54) is 10.4 Å². The minimum atomic E-state index is -0.727. The van der Waals surface area contributed by atoms with E-state index in [1.807, 2.05) is 19.9 Å². The van der Waals surface area contributed by atoms with E-state index in [1.54, 1.807) is 23.2 Å². The van der Waals surface area contributed by atoms with Crippen LogP contribution in [0.5, 0.6) is 0 Å². The Balaban J connectivity index is 2.15. The van der Waals surface area contributed by atoms with Gasteiger partial charge >= 0.3 is 0 Å². The van der Waals surface area contributed by atoms with E-state index in [0.717, 1.165) is 24.3 Å². The number of rotatable bonds is 1. The topological polar surface area (TPSA) is 40.5 Å². The monoisotopic (exact) mass is 253 g/mol. The first-order valence-corrected chi connectivity index (χ1v) is 6.79. The number of aliphatic hydroxyl groups is 1. The largest absolute Gasteiger partial charge is 0.388 e. The number of aryl methyl sites for hydroxylation is 2. The van der Waals surface area contributed by atoms with E-state index < -0.39 is 5.60 Å². The van der Waals surface area contributed by atoms with Crippen molar-refractivity contribution in [3.05, 3.63) is 21.4 Å². The molecule has 1 aromatic rings. The maximum Gasteiger partial charge on any atom is 0.264 e.